The molecule has 3 nitrogen and oxygen atoms in total. The molecule has 1 N–H and O–H groups in total. The van der Waals surface area contributed by atoms with E-state index in [0.29, 0.717) is 5.69 Å². The SMILES string of the molecule is N#C/C(=C\c1c2ccccc2cc2ccccc12)C(=O)Nc1ccccc1. The second kappa shape index (κ2) is 7.15. The van der Waals surface area contributed by atoms with Crippen LogP contribution in [0.15, 0.2) is 90.5 Å². The lowest BCUT2D eigenvalue weighted by molar-refractivity contribution is -0.112. The van der Waals surface area contributed by atoms with Crippen molar-refractivity contribution in [3.05, 3.63) is 96.1 Å². The third-order valence-electron chi connectivity index (χ3n) is 4.50. The van der Waals surface area contributed by atoms with E-state index in [0.717, 1.165) is 27.1 Å². The van der Waals surface area contributed by atoms with Crippen LogP contribution in [0, 0.1) is 11.3 Å². The molecule has 0 fully saturated rings. The van der Waals surface area contributed by atoms with Gasteiger partial charge in [-0.1, -0.05) is 66.7 Å². The molecule has 0 atom stereocenters. The number of amides is 1. The molecule has 0 saturated carbocycles. The highest BCUT2D eigenvalue weighted by atomic mass is 16.1. The average Bonchev–Trinajstić information content (AvgIpc) is 2.71. The predicted octanol–water partition coefficient (Wildman–Crippen LogP) is 5.54. The Labute approximate surface area is 157 Å². The van der Waals surface area contributed by atoms with Crippen LogP contribution in [0.1, 0.15) is 5.56 Å². The highest BCUT2D eigenvalue weighted by molar-refractivity contribution is 6.14. The zero-order valence-electron chi connectivity index (χ0n) is 14.5. The molecule has 0 aliphatic carbocycles. The molecule has 0 bridgehead atoms. The summed E-state index contributed by atoms with van der Waals surface area (Å²) in [7, 11) is 0. The zero-order valence-corrected chi connectivity index (χ0v) is 14.5. The van der Waals surface area contributed by atoms with E-state index in [9.17, 15) is 10.1 Å². The Bertz CT molecular complexity index is 1160. The second-order valence-corrected chi connectivity index (χ2v) is 6.22. The Morgan fingerprint density at radius 1 is 0.815 bits per heavy atom. The van der Waals surface area contributed by atoms with Crippen LogP contribution >= 0.6 is 0 Å². The largest absolute Gasteiger partial charge is 0.321 e. The molecule has 4 aromatic carbocycles. The van der Waals surface area contributed by atoms with Crippen molar-refractivity contribution in [2.75, 3.05) is 5.32 Å². The lowest BCUT2D eigenvalue weighted by Gasteiger charge is -2.09. The summed E-state index contributed by atoms with van der Waals surface area (Å²) < 4.78 is 0. The van der Waals surface area contributed by atoms with Crippen LogP contribution in [0.2, 0.25) is 0 Å². The number of para-hydroxylation sites is 1. The fourth-order valence-corrected chi connectivity index (χ4v) is 3.22. The van der Waals surface area contributed by atoms with Gasteiger partial charge in [-0.25, -0.2) is 0 Å². The summed E-state index contributed by atoms with van der Waals surface area (Å²) in [5.41, 5.74) is 1.61. The number of nitrogens with zero attached hydrogens (tertiary/aromatic N) is 1. The molecular formula is C24H16N2O. The summed E-state index contributed by atoms with van der Waals surface area (Å²) in [6, 6.07) is 29.3. The van der Waals surface area contributed by atoms with E-state index in [1.807, 2.05) is 72.8 Å². The quantitative estimate of drug-likeness (QED) is 0.300. The summed E-state index contributed by atoms with van der Waals surface area (Å²) in [4.78, 5) is 12.6. The summed E-state index contributed by atoms with van der Waals surface area (Å²) in [5.74, 6) is -0.416. The van der Waals surface area contributed by atoms with Crippen molar-refractivity contribution in [3.63, 3.8) is 0 Å². The minimum atomic E-state index is -0.416. The van der Waals surface area contributed by atoms with Crippen LogP contribution < -0.4 is 5.32 Å². The van der Waals surface area contributed by atoms with E-state index >= 15 is 0 Å². The fraction of sp³-hybridized carbons (Fsp3) is 0. The maximum absolute atomic E-state index is 12.6. The Kier molecular flexibility index (Phi) is 4.38. The summed E-state index contributed by atoms with van der Waals surface area (Å²) in [6.45, 7) is 0. The van der Waals surface area contributed by atoms with Gasteiger partial charge in [-0.2, -0.15) is 5.26 Å². The molecule has 128 valence electrons. The molecule has 4 rings (SSSR count). The second-order valence-electron chi connectivity index (χ2n) is 6.22. The van der Waals surface area contributed by atoms with Gasteiger partial charge in [0.15, 0.2) is 0 Å². The Hall–Kier alpha value is -3.90. The van der Waals surface area contributed by atoms with Gasteiger partial charge in [0.05, 0.1) is 0 Å². The molecule has 0 unspecified atom stereocenters. The van der Waals surface area contributed by atoms with Crippen LogP contribution in [0.5, 0.6) is 0 Å². The number of hydrogen-bond donors (Lipinski definition) is 1. The molecule has 3 heteroatoms. The van der Waals surface area contributed by atoms with Gasteiger partial charge in [-0.3, -0.25) is 4.79 Å². The van der Waals surface area contributed by atoms with Gasteiger partial charge in [-0.05, 0) is 51.4 Å². The Balaban J connectivity index is 1.86. The number of anilines is 1. The number of benzene rings is 4. The van der Waals surface area contributed by atoms with Crippen LogP contribution in [-0.4, -0.2) is 5.91 Å². The van der Waals surface area contributed by atoms with Gasteiger partial charge in [0, 0.05) is 5.69 Å². The van der Waals surface area contributed by atoms with Crippen molar-refractivity contribution >= 4 is 39.2 Å². The normalized spacial score (nSPS) is 11.3. The predicted molar refractivity (Wildman–Crippen MR) is 110 cm³/mol. The van der Waals surface area contributed by atoms with E-state index < -0.39 is 5.91 Å². The van der Waals surface area contributed by atoms with Crippen molar-refractivity contribution in [2.24, 2.45) is 0 Å². The maximum Gasteiger partial charge on any atom is 0.266 e. The minimum absolute atomic E-state index is 0.0698. The van der Waals surface area contributed by atoms with Gasteiger partial charge in [-0.15, -0.1) is 0 Å². The van der Waals surface area contributed by atoms with Crippen LogP contribution in [0.3, 0.4) is 0 Å². The first kappa shape index (κ1) is 16.6. The molecule has 27 heavy (non-hydrogen) atoms. The molecule has 0 spiro atoms. The summed E-state index contributed by atoms with van der Waals surface area (Å²) >= 11 is 0. The van der Waals surface area contributed by atoms with E-state index in [1.165, 1.54) is 0 Å². The first-order valence-corrected chi connectivity index (χ1v) is 8.65. The number of rotatable bonds is 3. The van der Waals surface area contributed by atoms with Gasteiger partial charge >= 0.3 is 0 Å². The van der Waals surface area contributed by atoms with Crippen LogP contribution in [0.4, 0.5) is 5.69 Å². The van der Waals surface area contributed by atoms with E-state index in [4.69, 9.17) is 0 Å². The standard InChI is InChI=1S/C24H16N2O/c25-16-19(24(27)26-20-10-2-1-3-11-20)15-23-21-12-6-4-8-17(21)14-18-9-5-7-13-22(18)23/h1-15H,(H,26,27)/b19-15+. The first-order valence-electron chi connectivity index (χ1n) is 8.65. The summed E-state index contributed by atoms with van der Waals surface area (Å²) in [5, 5.41) is 16.5. The van der Waals surface area contributed by atoms with Crippen LogP contribution in [-0.2, 0) is 4.79 Å². The van der Waals surface area contributed by atoms with Gasteiger partial charge in [0.25, 0.3) is 5.91 Å². The third kappa shape index (κ3) is 3.29. The zero-order chi connectivity index (χ0) is 18.6. The fourth-order valence-electron chi connectivity index (χ4n) is 3.22. The van der Waals surface area contributed by atoms with Gasteiger partial charge in [0.2, 0.25) is 0 Å². The first-order chi connectivity index (χ1) is 13.3. The van der Waals surface area contributed by atoms with Crippen molar-refractivity contribution in [3.8, 4) is 6.07 Å². The van der Waals surface area contributed by atoms with E-state index in [2.05, 4.69) is 11.4 Å². The average molecular weight is 348 g/mol. The highest BCUT2D eigenvalue weighted by Gasteiger charge is 2.12. The smallest absolute Gasteiger partial charge is 0.266 e. The van der Waals surface area contributed by atoms with Crippen LogP contribution in [0.25, 0.3) is 27.6 Å². The van der Waals surface area contributed by atoms with Gasteiger partial charge in [0.1, 0.15) is 11.6 Å². The van der Waals surface area contributed by atoms with E-state index in [1.54, 1.807) is 18.2 Å². The third-order valence-corrected chi connectivity index (χ3v) is 4.50. The Morgan fingerprint density at radius 2 is 1.37 bits per heavy atom. The number of fused-ring (bicyclic) bond motifs is 2. The van der Waals surface area contributed by atoms with E-state index in [-0.39, 0.29) is 5.57 Å². The molecule has 1 amide bonds. The lowest BCUT2D eigenvalue weighted by Crippen LogP contribution is -2.13. The summed E-state index contributed by atoms with van der Waals surface area (Å²) in [6.07, 6.45) is 1.68. The molecule has 0 aliphatic rings. The number of nitrogens with one attached hydrogen (secondary N) is 1. The number of hydrogen-bond acceptors (Lipinski definition) is 2. The molecule has 0 aromatic heterocycles. The number of nitriles is 1. The maximum atomic E-state index is 12.6. The van der Waals surface area contributed by atoms with Crippen molar-refractivity contribution in [2.45, 2.75) is 0 Å². The molecular weight excluding hydrogens is 332 g/mol. The highest BCUT2D eigenvalue weighted by Crippen LogP contribution is 2.30. The molecule has 4 aromatic rings. The minimum Gasteiger partial charge on any atom is -0.321 e. The molecule has 0 radical (unpaired) electrons. The number of carbonyl (C=O) groups is 1. The van der Waals surface area contributed by atoms with Gasteiger partial charge < -0.3 is 5.32 Å². The molecule has 0 heterocycles. The number of carbonyl (C=O) groups excluding carboxylic acids is 1. The van der Waals surface area contributed by atoms with Crippen molar-refractivity contribution in [1.82, 2.24) is 0 Å². The monoisotopic (exact) mass is 348 g/mol. The molecule has 0 saturated heterocycles. The lowest BCUT2D eigenvalue weighted by atomic mass is 9.95. The Morgan fingerprint density at radius 3 is 1.96 bits per heavy atom. The topological polar surface area (TPSA) is 52.9 Å². The van der Waals surface area contributed by atoms with Crippen molar-refractivity contribution < 1.29 is 4.79 Å². The molecule has 0 aliphatic heterocycles. The van der Waals surface area contributed by atoms with Crippen molar-refractivity contribution in [1.29, 1.82) is 5.26 Å².